The molecule has 1 aliphatic rings. The first-order valence-corrected chi connectivity index (χ1v) is 6.36. The molecule has 0 aromatic heterocycles. The van der Waals surface area contributed by atoms with Gasteiger partial charge >= 0.3 is 0 Å². The summed E-state index contributed by atoms with van der Waals surface area (Å²) in [5.41, 5.74) is 0.653. The molecule has 19 heavy (non-hydrogen) atoms. The highest BCUT2D eigenvalue weighted by Crippen LogP contribution is 2.37. The van der Waals surface area contributed by atoms with Crippen LogP contribution in [0.3, 0.4) is 0 Å². The van der Waals surface area contributed by atoms with Crippen LogP contribution in [0.4, 0.5) is 0 Å². The highest BCUT2D eigenvalue weighted by molar-refractivity contribution is 5.86. The van der Waals surface area contributed by atoms with Gasteiger partial charge in [-0.15, -0.1) is 0 Å². The Morgan fingerprint density at radius 1 is 0.947 bits per heavy atom. The number of aliphatic hydroxyl groups excluding tert-OH is 1. The van der Waals surface area contributed by atoms with Crippen LogP contribution >= 0.6 is 0 Å². The third kappa shape index (κ3) is 2.03. The fourth-order valence-corrected chi connectivity index (χ4v) is 2.52. The zero-order valence-corrected chi connectivity index (χ0v) is 10.5. The summed E-state index contributed by atoms with van der Waals surface area (Å²) >= 11 is 0. The van der Waals surface area contributed by atoms with Gasteiger partial charge in [0.15, 0.2) is 0 Å². The van der Waals surface area contributed by atoms with E-state index >= 15 is 0 Å². The Morgan fingerprint density at radius 2 is 1.63 bits per heavy atom. The van der Waals surface area contributed by atoms with Gasteiger partial charge in [0.25, 0.3) is 0 Å². The Labute approximate surface area is 111 Å². The second-order valence-corrected chi connectivity index (χ2v) is 4.62. The summed E-state index contributed by atoms with van der Waals surface area (Å²) in [6.45, 7) is 0.891. The third-order valence-electron chi connectivity index (χ3n) is 3.43. The summed E-state index contributed by atoms with van der Waals surface area (Å²) in [5.74, 6) is -1.49. The Bertz CT molecular complexity index is 568. The Morgan fingerprint density at radius 3 is 2.37 bits per heavy atom. The van der Waals surface area contributed by atoms with E-state index in [1.165, 1.54) is 0 Å². The molecule has 100 valence electrons. The molecule has 2 aromatic rings. The molecule has 1 saturated heterocycles. The number of benzene rings is 2. The van der Waals surface area contributed by atoms with E-state index in [4.69, 9.17) is 9.47 Å². The summed E-state index contributed by atoms with van der Waals surface area (Å²) in [6.07, 6.45) is -0.974. The molecule has 0 unspecified atom stereocenters. The smallest absolute Gasteiger partial charge is 0.248 e. The maximum Gasteiger partial charge on any atom is 0.248 e. The van der Waals surface area contributed by atoms with Gasteiger partial charge in [0.1, 0.15) is 0 Å². The summed E-state index contributed by atoms with van der Waals surface area (Å²) in [7, 11) is 0. The molecule has 4 heteroatoms. The molecule has 2 aromatic carbocycles. The van der Waals surface area contributed by atoms with Crippen LogP contribution in [0.2, 0.25) is 0 Å². The molecular weight excluding hydrogens is 244 g/mol. The maximum atomic E-state index is 9.75. The summed E-state index contributed by atoms with van der Waals surface area (Å²) < 4.78 is 11.2. The van der Waals surface area contributed by atoms with Crippen LogP contribution in [0.15, 0.2) is 42.5 Å². The molecule has 0 aliphatic carbocycles. The Hall–Kier alpha value is -1.46. The summed E-state index contributed by atoms with van der Waals surface area (Å²) in [6, 6.07) is 13.4. The highest BCUT2D eigenvalue weighted by atomic mass is 16.7. The van der Waals surface area contributed by atoms with Crippen LogP contribution in [-0.4, -0.2) is 29.7 Å². The number of fused-ring (bicyclic) bond motifs is 1. The fourth-order valence-electron chi connectivity index (χ4n) is 2.52. The lowest BCUT2D eigenvalue weighted by Gasteiger charge is -2.39. The average Bonchev–Trinajstić information content (AvgIpc) is 2.47. The molecule has 3 rings (SSSR count). The van der Waals surface area contributed by atoms with Crippen LogP contribution in [0.5, 0.6) is 0 Å². The van der Waals surface area contributed by atoms with Gasteiger partial charge in [-0.1, -0.05) is 42.5 Å². The van der Waals surface area contributed by atoms with E-state index in [-0.39, 0.29) is 0 Å². The van der Waals surface area contributed by atoms with Gasteiger partial charge in [0, 0.05) is 5.56 Å². The van der Waals surface area contributed by atoms with Gasteiger partial charge < -0.3 is 19.7 Å². The van der Waals surface area contributed by atoms with Crippen LogP contribution < -0.4 is 0 Å². The fraction of sp³-hybridized carbons (Fsp3) is 0.333. The van der Waals surface area contributed by atoms with Crippen molar-refractivity contribution < 1.29 is 19.7 Å². The van der Waals surface area contributed by atoms with E-state index in [2.05, 4.69) is 0 Å². The molecule has 0 atom stereocenters. The number of hydrogen-bond donors (Lipinski definition) is 2. The van der Waals surface area contributed by atoms with Gasteiger partial charge in [0.2, 0.25) is 12.1 Å². The second kappa shape index (κ2) is 4.90. The third-order valence-corrected chi connectivity index (χ3v) is 3.43. The van der Waals surface area contributed by atoms with E-state index in [0.717, 1.165) is 17.2 Å². The first-order valence-electron chi connectivity index (χ1n) is 6.36. The molecule has 0 radical (unpaired) electrons. The van der Waals surface area contributed by atoms with Gasteiger partial charge in [0.05, 0.1) is 13.2 Å². The molecule has 1 aliphatic heterocycles. The van der Waals surface area contributed by atoms with Gasteiger partial charge in [-0.2, -0.15) is 0 Å². The van der Waals surface area contributed by atoms with E-state index in [0.29, 0.717) is 18.8 Å². The standard InChI is InChI=1S/C15H16O4/c16-14(17)15(18-9-4-10-19-15)13-8-3-6-11-5-1-2-7-12(11)13/h1-3,5-8,14,16-17H,4,9-10H2. The second-order valence-electron chi connectivity index (χ2n) is 4.62. The molecule has 1 fully saturated rings. The van der Waals surface area contributed by atoms with E-state index in [1.54, 1.807) is 0 Å². The summed E-state index contributed by atoms with van der Waals surface area (Å²) in [4.78, 5) is 0. The highest BCUT2D eigenvalue weighted by Gasteiger charge is 2.44. The summed E-state index contributed by atoms with van der Waals surface area (Å²) in [5, 5.41) is 21.4. The lowest BCUT2D eigenvalue weighted by molar-refractivity contribution is -0.359. The SMILES string of the molecule is OC(O)C1(c2cccc3ccccc23)OCCCO1. The topological polar surface area (TPSA) is 58.9 Å². The van der Waals surface area contributed by atoms with Crippen molar-refractivity contribution in [3.63, 3.8) is 0 Å². The zero-order chi connectivity index (χ0) is 13.3. The first-order chi connectivity index (χ1) is 9.24. The average molecular weight is 260 g/mol. The van der Waals surface area contributed by atoms with Crippen LogP contribution in [0.25, 0.3) is 10.8 Å². The lowest BCUT2D eigenvalue weighted by Crippen LogP contribution is -2.47. The molecular formula is C15H16O4. The molecule has 2 N–H and O–H groups in total. The van der Waals surface area contributed by atoms with Crippen molar-refractivity contribution in [3.05, 3.63) is 48.0 Å². The number of hydrogen-bond acceptors (Lipinski definition) is 4. The molecule has 0 bridgehead atoms. The maximum absolute atomic E-state index is 9.75. The van der Waals surface area contributed by atoms with Gasteiger partial charge in [-0.05, 0) is 17.2 Å². The minimum atomic E-state index is -1.72. The van der Waals surface area contributed by atoms with Crippen molar-refractivity contribution in [2.45, 2.75) is 18.5 Å². The number of rotatable bonds is 2. The lowest BCUT2D eigenvalue weighted by atomic mass is 9.96. The van der Waals surface area contributed by atoms with Crippen molar-refractivity contribution in [2.24, 2.45) is 0 Å². The molecule has 1 heterocycles. The normalized spacial score (nSPS) is 18.9. The minimum absolute atomic E-state index is 0.445. The van der Waals surface area contributed by atoms with E-state index < -0.39 is 12.1 Å². The first kappa shape index (κ1) is 12.6. The van der Waals surface area contributed by atoms with Crippen molar-refractivity contribution in [3.8, 4) is 0 Å². The minimum Gasteiger partial charge on any atom is -0.364 e. The molecule has 0 spiro atoms. The predicted octanol–water partition coefficient (Wildman–Crippen LogP) is 1.74. The monoisotopic (exact) mass is 260 g/mol. The van der Waals surface area contributed by atoms with Gasteiger partial charge in [-0.3, -0.25) is 0 Å². The van der Waals surface area contributed by atoms with Crippen molar-refractivity contribution in [1.29, 1.82) is 0 Å². The number of aliphatic hydroxyl groups is 2. The Balaban J connectivity index is 2.20. The quantitative estimate of drug-likeness (QED) is 0.807. The molecule has 0 saturated carbocycles. The number of ether oxygens (including phenoxy) is 2. The molecule has 4 nitrogen and oxygen atoms in total. The van der Waals surface area contributed by atoms with Crippen LogP contribution in [0, 0.1) is 0 Å². The van der Waals surface area contributed by atoms with Gasteiger partial charge in [-0.25, -0.2) is 0 Å². The zero-order valence-electron chi connectivity index (χ0n) is 10.5. The van der Waals surface area contributed by atoms with Crippen molar-refractivity contribution in [1.82, 2.24) is 0 Å². The van der Waals surface area contributed by atoms with Crippen LogP contribution in [0.1, 0.15) is 12.0 Å². The predicted molar refractivity (Wildman–Crippen MR) is 70.4 cm³/mol. The molecule has 0 amide bonds. The van der Waals surface area contributed by atoms with Crippen molar-refractivity contribution in [2.75, 3.05) is 13.2 Å². The Kier molecular flexibility index (Phi) is 3.24. The van der Waals surface area contributed by atoms with E-state index in [1.807, 2.05) is 42.5 Å². The van der Waals surface area contributed by atoms with E-state index in [9.17, 15) is 10.2 Å². The largest absolute Gasteiger partial charge is 0.364 e. The van der Waals surface area contributed by atoms with Crippen molar-refractivity contribution >= 4 is 10.8 Å². The van der Waals surface area contributed by atoms with Crippen LogP contribution in [-0.2, 0) is 15.3 Å².